The van der Waals surface area contributed by atoms with Crippen LogP contribution >= 0.6 is 0 Å². The van der Waals surface area contributed by atoms with E-state index in [2.05, 4.69) is 11.2 Å². The lowest BCUT2D eigenvalue weighted by Gasteiger charge is -2.21. The summed E-state index contributed by atoms with van der Waals surface area (Å²) in [7, 11) is 0. The zero-order valence-corrected chi connectivity index (χ0v) is 12.2. The minimum Gasteiger partial charge on any atom is -0.361 e. The van der Waals surface area contributed by atoms with Gasteiger partial charge in [-0.25, -0.2) is 0 Å². The highest BCUT2D eigenvalue weighted by molar-refractivity contribution is 5.77. The summed E-state index contributed by atoms with van der Waals surface area (Å²) in [6, 6.07) is 2.22. The fraction of sp³-hybridized carbons (Fsp3) is 0.667. The summed E-state index contributed by atoms with van der Waals surface area (Å²) in [4.78, 5) is 14.3. The first-order chi connectivity index (χ1) is 9.63. The Morgan fingerprint density at radius 1 is 1.35 bits per heavy atom. The van der Waals surface area contributed by atoms with Crippen molar-refractivity contribution in [2.24, 2.45) is 0 Å². The molecule has 0 spiro atoms. The molecule has 1 unspecified atom stereocenters. The molecule has 0 N–H and O–H groups in total. The fourth-order valence-electron chi connectivity index (χ4n) is 2.82. The van der Waals surface area contributed by atoms with Crippen LogP contribution < -0.4 is 0 Å². The molecule has 5 heteroatoms. The maximum atomic E-state index is 12.4. The van der Waals surface area contributed by atoms with E-state index >= 15 is 0 Å². The van der Waals surface area contributed by atoms with E-state index in [1.165, 1.54) is 12.8 Å². The second-order valence-electron chi connectivity index (χ2n) is 5.42. The molecule has 1 aromatic heterocycles. The Kier molecular flexibility index (Phi) is 4.78. The first-order valence-corrected chi connectivity index (χ1v) is 7.23. The first kappa shape index (κ1) is 14.6. The summed E-state index contributed by atoms with van der Waals surface area (Å²) in [6.45, 7) is 5.24. The molecule has 1 fully saturated rings. The lowest BCUT2D eigenvalue weighted by atomic mass is 9.95. The van der Waals surface area contributed by atoms with Gasteiger partial charge in [0.2, 0.25) is 5.91 Å². The summed E-state index contributed by atoms with van der Waals surface area (Å²) >= 11 is 0. The van der Waals surface area contributed by atoms with E-state index in [0.29, 0.717) is 11.5 Å². The van der Waals surface area contributed by atoms with Crippen LogP contribution in [0.4, 0.5) is 0 Å². The molecule has 1 saturated heterocycles. The maximum Gasteiger partial charge on any atom is 0.224 e. The Balaban J connectivity index is 2.07. The number of amides is 1. The Morgan fingerprint density at radius 2 is 2.00 bits per heavy atom. The van der Waals surface area contributed by atoms with Crippen molar-refractivity contribution in [3.05, 3.63) is 17.0 Å². The smallest absolute Gasteiger partial charge is 0.224 e. The SMILES string of the molecule is Cc1noc(C)c1C(C#N)CC(=O)N1CCCCCC1. The van der Waals surface area contributed by atoms with Gasteiger partial charge in [0.05, 0.1) is 17.7 Å². The minimum absolute atomic E-state index is 0.0680. The number of carbonyl (C=O) groups is 1. The van der Waals surface area contributed by atoms with Gasteiger partial charge < -0.3 is 9.42 Å². The standard InChI is InChI=1S/C15H21N3O2/c1-11-15(12(2)20-17-11)13(10-16)9-14(19)18-7-5-3-4-6-8-18/h13H,3-9H2,1-2H3. The summed E-state index contributed by atoms with van der Waals surface area (Å²) in [5.41, 5.74) is 1.48. The van der Waals surface area contributed by atoms with Gasteiger partial charge in [0.15, 0.2) is 0 Å². The third kappa shape index (κ3) is 3.19. The van der Waals surface area contributed by atoms with Gasteiger partial charge in [0, 0.05) is 25.1 Å². The third-order valence-corrected chi connectivity index (χ3v) is 3.93. The van der Waals surface area contributed by atoms with Gasteiger partial charge in [-0.15, -0.1) is 0 Å². The summed E-state index contributed by atoms with van der Waals surface area (Å²) in [5.74, 6) is 0.244. The van der Waals surface area contributed by atoms with Crippen LogP contribution in [0.25, 0.3) is 0 Å². The molecule has 1 aromatic rings. The Bertz CT molecular complexity index is 488. The van der Waals surface area contributed by atoms with E-state index in [1.54, 1.807) is 6.92 Å². The van der Waals surface area contributed by atoms with E-state index in [-0.39, 0.29) is 12.3 Å². The molecule has 2 rings (SSSR count). The number of nitrogens with zero attached hydrogens (tertiary/aromatic N) is 3. The molecule has 2 heterocycles. The largest absolute Gasteiger partial charge is 0.361 e. The lowest BCUT2D eigenvalue weighted by Crippen LogP contribution is -2.32. The van der Waals surface area contributed by atoms with Gasteiger partial charge in [-0.1, -0.05) is 18.0 Å². The molecule has 0 bridgehead atoms. The molecular weight excluding hydrogens is 254 g/mol. The average Bonchev–Trinajstić information content (AvgIpc) is 2.67. The molecular formula is C15H21N3O2. The predicted molar refractivity (Wildman–Crippen MR) is 74.0 cm³/mol. The van der Waals surface area contributed by atoms with Crippen molar-refractivity contribution < 1.29 is 9.32 Å². The number of carbonyl (C=O) groups excluding carboxylic acids is 1. The Labute approximate surface area is 119 Å². The normalized spacial score (nSPS) is 17.4. The lowest BCUT2D eigenvalue weighted by molar-refractivity contribution is -0.131. The number of rotatable bonds is 3. The highest BCUT2D eigenvalue weighted by atomic mass is 16.5. The molecule has 1 aliphatic rings. The fourth-order valence-corrected chi connectivity index (χ4v) is 2.82. The molecule has 5 nitrogen and oxygen atoms in total. The average molecular weight is 275 g/mol. The van der Waals surface area contributed by atoms with Gasteiger partial charge >= 0.3 is 0 Å². The Hall–Kier alpha value is -1.83. The highest BCUT2D eigenvalue weighted by Gasteiger charge is 2.25. The quantitative estimate of drug-likeness (QED) is 0.850. The molecule has 108 valence electrons. The number of hydrogen-bond acceptors (Lipinski definition) is 4. The summed E-state index contributed by atoms with van der Waals surface area (Å²) in [5, 5.41) is 13.2. The zero-order valence-electron chi connectivity index (χ0n) is 12.2. The predicted octanol–water partition coefficient (Wildman–Crippen LogP) is 2.69. The van der Waals surface area contributed by atoms with Crippen LogP contribution in [0.5, 0.6) is 0 Å². The van der Waals surface area contributed by atoms with Gasteiger partial charge in [-0.2, -0.15) is 5.26 Å². The van der Waals surface area contributed by atoms with Crippen molar-refractivity contribution in [1.82, 2.24) is 10.1 Å². The maximum absolute atomic E-state index is 12.4. The van der Waals surface area contributed by atoms with E-state index in [9.17, 15) is 10.1 Å². The number of nitriles is 1. The van der Waals surface area contributed by atoms with Crippen LogP contribution in [0.15, 0.2) is 4.52 Å². The van der Waals surface area contributed by atoms with E-state index in [0.717, 1.165) is 31.5 Å². The molecule has 1 amide bonds. The molecule has 0 aliphatic carbocycles. The number of likely N-dealkylation sites (tertiary alicyclic amines) is 1. The third-order valence-electron chi connectivity index (χ3n) is 3.93. The topological polar surface area (TPSA) is 70.1 Å². The minimum atomic E-state index is -0.461. The van der Waals surface area contributed by atoms with Gasteiger partial charge in [0.25, 0.3) is 0 Å². The molecule has 0 radical (unpaired) electrons. The van der Waals surface area contributed by atoms with Gasteiger partial charge in [0.1, 0.15) is 5.76 Å². The van der Waals surface area contributed by atoms with Crippen LogP contribution in [-0.2, 0) is 4.79 Å². The summed E-state index contributed by atoms with van der Waals surface area (Å²) < 4.78 is 5.10. The molecule has 0 aromatic carbocycles. The monoisotopic (exact) mass is 275 g/mol. The van der Waals surface area contributed by atoms with Crippen molar-refractivity contribution in [3.8, 4) is 6.07 Å². The number of aryl methyl sites for hydroxylation is 2. The second-order valence-corrected chi connectivity index (χ2v) is 5.42. The van der Waals surface area contributed by atoms with Crippen molar-refractivity contribution in [2.45, 2.75) is 51.9 Å². The molecule has 1 aliphatic heterocycles. The first-order valence-electron chi connectivity index (χ1n) is 7.23. The Morgan fingerprint density at radius 3 is 2.50 bits per heavy atom. The van der Waals surface area contributed by atoms with Crippen molar-refractivity contribution in [1.29, 1.82) is 5.26 Å². The van der Waals surface area contributed by atoms with E-state index < -0.39 is 5.92 Å². The van der Waals surface area contributed by atoms with Crippen LogP contribution in [0.1, 0.15) is 55.0 Å². The van der Waals surface area contributed by atoms with Gasteiger partial charge in [-0.05, 0) is 26.7 Å². The van der Waals surface area contributed by atoms with E-state index in [4.69, 9.17) is 4.52 Å². The number of hydrogen-bond donors (Lipinski definition) is 0. The number of aromatic nitrogens is 1. The highest BCUT2D eigenvalue weighted by Crippen LogP contribution is 2.26. The van der Waals surface area contributed by atoms with Crippen LogP contribution in [0, 0.1) is 25.2 Å². The van der Waals surface area contributed by atoms with E-state index in [1.807, 2.05) is 11.8 Å². The zero-order chi connectivity index (χ0) is 14.5. The van der Waals surface area contributed by atoms with Crippen LogP contribution in [-0.4, -0.2) is 29.1 Å². The molecule has 20 heavy (non-hydrogen) atoms. The summed E-state index contributed by atoms with van der Waals surface area (Å²) in [6.07, 6.45) is 4.73. The van der Waals surface area contributed by atoms with Crippen molar-refractivity contribution >= 4 is 5.91 Å². The van der Waals surface area contributed by atoms with Crippen molar-refractivity contribution in [2.75, 3.05) is 13.1 Å². The van der Waals surface area contributed by atoms with Gasteiger partial charge in [-0.3, -0.25) is 4.79 Å². The van der Waals surface area contributed by atoms with Crippen molar-refractivity contribution in [3.63, 3.8) is 0 Å². The van der Waals surface area contributed by atoms with Crippen LogP contribution in [0.3, 0.4) is 0 Å². The molecule has 1 atom stereocenters. The second kappa shape index (κ2) is 6.56. The molecule has 0 saturated carbocycles. The van der Waals surface area contributed by atoms with Crippen LogP contribution in [0.2, 0.25) is 0 Å².